The van der Waals surface area contributed by atoms with Crippen molar-refractivity contribution in [2.45, 2.75) is 20.3 Å². The number of aromatic nitrogens is 5. The summed E-state index contributed by atoms with van der Waals surface area (Å²) in [6.45, 7) is 3.53. The molecular weight excluding hydrogens is 372 g/mol. The van der Waals surface area contributed by atoms with E-state index < -0.39 is 0 Å². The van der Waals surface area contributed by atoms with Gasteiger partial charge >= 0.3 is 0 Å². The zero-order valence-corrected chi connectivity index (χ0v) is 16.2. The Balaban J connectivity index is 1.73. The average Bonchev–Trinajstić information content (AvgIpc) is 3.33. The second-order valence-corrected chi connectivity index (χ2v) is 7.40. The topological polar surface area (TPSA) is 96.5 Å². The van der Waals surface area contributed by atoms with E-state index in [9.17, 15) is 4.79 Å². The number of benzene rings is 1. The van der Waals surface area contributed by atoms with E-state index in [-0.39, 0.29) is 5.91 Å². The summed E-state index contributed by atoms with van der Waals surface area (Å²) in [5.74, 6) is 1.04. The number of nitrogens with one attached hydrogen (secondary N) is 2. The molecule has 2 N–H and O–H groups in total. The van der Waals surface area contributed by atoms with Crippen LogP contribution >= 0.6 is 11.3 Å². The van der Waals surface area contributed by atoms with Crippen molar-refractivity contribution in [1.82, 2.24) is 25.1 Å². The number of anilines is 1. The number of thiazole rings is 1. The molecule has 28 heavy (non-hydrogen) atoms. The number of aromatic amines is 1. The Morgan fingerprint density at radius 1 is 1.18 bits per heavy atom. The highest BCUT2D eigenvalue weighted by Gasteiger charge is 2.17. The summed E-state index contributed by atoms with van der Waals surface area (Å²) in [5, 5.41) is 10.4. The maximum absolute atomic E-state index is 11.3. The molecule has 0 aliphatic rings. The van der Waals surface area contributed by atoms with Gasteiger partial charge in [0.15, 0.2) is 5.82 Å². The number of hydrogen-bond acceptors (Lipinski definition) is 6. The van der Waals surface area contributed by atoms with Crippen LogP contribution in [-0.2, 0) is 11.2 Å². The molecule has 0 saturated heterocycles. The molecule has 3 heterocycles. The van der Waals surface area contributed by atoms with Crippen LogP contribution in [0.5, 0.6) is 0 Å². The number of H-pyrrole nitrogens is 1. The summed E-state index contributed by atoms with van der Waals surface area (Å²) < 4.78 is 0. The molecule has 4 rings (SSSR count). The van der Waals surface area contributed by atoms with Crippen LogP contribution < -0.4 is 5.32 Å². The van der Waals surface area contributed by atoms with Gasteiger partial charge in [-0.3, -0.25) is 9.89 Å². The van der Waals surface area contributed by atoms with E-state index in [1.165, 1.54) is 35.7 Å². The van der Waals surface area contributed by atoms with Gasteiger partial charge in [-0.15, -0.1) is 11.3 Å². The Kier molecular flexibility index (Phi) is 4.94. The number of hydrogen-bond donors (Lipinski definition) is 2. The van der Waals surface area contributed by atoms with Crippen LogP contribution in [-0.4, -0.2) is 31.1 Å². The zero-order chi connectivity index (χ0) is 19.5. The van der Waals surface area contributed by atoms with Crippen molar-refractivity contribution >= 4 is 23.1 Å². The molecule has 140 valence electrons. The monoisotopic (exact) mass is 390 g/mol. The molecule has 0 saturated carbocycles. The summed E-state index contributed by atoms with van der Waals surface area (Å²) in [7, 11) is 0. The highest BCUT2D eigenvalue weighted by Crippen LogP contribution is 2.35. The van der Waals surface area contributed by atoms with Crippen molar-refractivity contribution in [3.8, 4) is 21.3 Å². The van der Waals surface area contributed by atoms with Crippen molar-refractivity contribution in [3.05, 3.63) is 65.7 Å². The molecule has 0 fully saturated rings. The summed E-state index contributed by atoms with van der Waals surface area (Å²) in [4.78, 5) is 25.6. The minimum atomic E-state index is -0.161. The molecule has 1 aromatic carbocycles. The number of rotatable bonds is 5. The van der Waals surface area contributed by atoms with E-state index in [0.29, 0.717) is 18.1 Å². The lowest BCUT2D eigenvalue weighted by Crippen LogP contribution is -2.07. The Bertz CT molecular complexity index is 1100. The number of amides is 1. The van der Waals surface area contributed by atoms with Crippen molar-refractivity contribution < 1.29 is 4.79 Å². The molecule has 3 aromatic heterocycles. The van der Waals surface area contributed by atoms with Crippen LogP contribution in [0.3, 0.4) is 0 Å². The van der Waals surface area contributed by atoms with Gasteiger partial charge in [0.2, 0.25) is 5.91 Å². The van der Waals surface area contributed by atoms with E-state index in [4.69, 9.17) is 4.98 Å². The predicted octanol–water partition coefficient (Wildman–Crippen LogP) is 3.85. The van der Waals surface area contributed by atoms with Gasteiger partial charge in [-0.2, -0.15) is 5.10 Å². The lowest BCUT2D eigenvalue weighted by atomic mass is 10.1. The van der Waals surface area contributed by atoms with Crippen molar-refractivity contribution in [1.29, 1.82) is 0 Å². The molecule has 0 aliphatic carbocycles. The van der Waals surface area contributed by atoms with Crippen molar-refractivity contribution in [2.24, 2.45) is 0 Å². The minimum absolute atomic E-state index is 0.161. The lowest BCUT2D eigenvalue weighted by molar-refractivity contribution is -0.114. The third-order valence-corrected chi connectivity index (χ3v) is 5.28. The normalized spacial score (nSPS) is 10.8. The highest BCUT2D eigenvalue weighted by atomic mass is 32.1. The molecule has 0 aliphatic heterocycles. The Labute approximate surface area is 165 Å². The Morgan fingerprint density at radius 2 is 2.00 bits per heavy atom. The first-order chi connectivity index (χ1) is 13.6. The van der Waals surface area contributed by atoms with Crippen LogP contribution in [0.15, 0.2) is 48.9 Å². The van der Waals surface area contributed by atoms with E-state index in [1.807, 2.05) is 12.1 Å². The molecular formula is C20H18N6OS. The maximum Gasteiger partial charge on any atom is 0.222 e. The molecule has 0 bridgehead atoms. The van der Waals surface area contributed by atoms with Gasteiger partial charge in [-0.1, -0.05) is 29.8 Å². The zero-order valence-electron chi connectivity index (χ0n) is 15.4. The molecule has 0 radical (unpaired) electrons. The first kappa shape index (κ1) is 18.0. The Morgan fingerprint density at radius 3 is 2.71 bits per heavy atom. The van der Waals surface area contributed by atoms with Crippen molar-refractivity contribution in [3.63, 3.8) is 0 Å². The summed E-state index contributed by atoms with van der Waals surface area (Å²) in [5.41, 5.74) is 4.22. The second-order valence-electron chi connectivity index (χ2n) is 6.40. The number of carbonyl (C=O) groups is 1. The van der Waals surface area contributed by atoms with Crippen LogP contribution in [0.25, 0.3) is 21.3 Å². The van der Waals surface area contributed by atoms with Gasteiger partial charge in [0, 0.05) is 25.1 Å². The molecule has 4 aromatic rings. The maximum atomic E-state index is 11.3. The van der Waals surface area contributed by atoms with Gasteiger partial charge in [0.05, 0.1) is 10.6 Å². The first-order valence-electron chi connectivity index (χ1n) is 8.73. The Hall–Kier alpha value is -3.39. The summed E-state index contributed by atoms with van der Waals surface area (Å²) in [6, 6.07) is 12.1. The van der Waals surface area contributed by atoms with E-state index in [1.54, 1.807) is 6.20 Å². The largest absolute Gasteiger partial charge is 0.311 e. The predicted molar refractivity (Wildman–Crippen MR) is 109 cm³/mol. The van der Waals surface area contributed by atoms with E-state index >= 15 is 0 Å². The van der Waals surface area contributed by atoms with Gasteiger partial charge in [0.1, 0.15) is 17.2 Å². The number of nitrogens with zero attached hydrogens (tertiary/aromatic N) is 4. The van der Waals surface area contributed by atoms with Gasteiger partial charge in [-0.25, -0.2) is 15.0 Å². The molecule has 0 unspecified atom stereocenters. The summed E-state index contributed by atoms with van der Waals surface area (Å²) in [6.07, 6.45) is 3.85. The van der Waals surface area contributed by atoms with Crippen molar-refractivity contribution in [2.75, 3.05) is 5.32 Å². The number of carbonyl (C=O) groups excluding carboxylic acids is 1. The first-order valence-corrected chi connectivity index (χ1v) is 9.55. The molecule has 0 spiro atoms. The third-order valence-electron chi connectivity index (χ3n) is 4.13. The molecule has 7 nitrogen and oxygen atoms in total. The van der Waals surface area contributed by atoms with Crippen LogP contribution in [0.1, 0.15) is 23.7 Å². The number of aryl methyl sites for hydroxylation is 1. The summed E-state index contributed by atoms with van der Waals surface area (Å²) >= 11 is 1.53. The fourth-order valence-corrected chi connectivity index (χ4v) is 3.83. The fourth-order valence-electron chi connectivity index (χ4n) is 2.81. The fraction of sp³-hybridized carbons (Fsp3) is 0.150. The third kappa shape index (κ3) is 3.96. The van der Waals surface area contributed by atoms with Gasteiger partial charge in [0.25, 0.3) is 0 Å². The van der Waals surface area contributed by atoms with Crippen LogP contribution in [0.4, 0.5) is 5.82 Å². The minimum Gasteiger partial charge on any atom is -0.311 e. The lowest BCUT2D eigenvalue weighted by Gasteiger charge is -2.02. The average molecular weight is 390 g/mol. The van der Waals surface area contributed by atoms with E-state index in [0.717, 1.165) is 21.1 Å². The van der Waals surface area contributed by atoms with Gasteiger partial charge in [-0.05, 0) is 24.6 Å². The van der Waals surface area contributed by atoms with E-state index in [2.05, 4.69) is 56.7 Å². The molecule has 8 heteroatoms. The molecule has 1 amide bonds. The highest BCUT2D eigenvalue weighted by molar-refractivity contribution is 7.18. The van der Waals surface area contributed by atoms with Crippen LogP contribution in [0, 0.1) is 6.92 Å². The second kappa shape index (κ2) is 7.69. The standard InChI is InChI=1S/C20H18N6OS/c1-12-3-5-14(6-4-12)9-16-18(19-22-11-23-26-19)28-20(25-16)15-7-8-21-17(10-15)24-13(2)27/h3-8,10-11H,9H2,1-2H3,(H,21,24,27)(H,22,23,26). The van der Waals surface area contributed by atoms with Crippen LogP contribution in [0.2, 0.25) is 0 Å². The molecule has 0 atom stereocenters. The smallest absolute Gasteiger partial charge is 0.222 e. The SMILES string of the molecule is CC(=O)Nc1cc(-c2nc(Cc3ccc(C)cc3)c(-c3ncn[nH]3)s2)ccn1. The number of pyridine rings is 1. The quantitative estimate of drug-likeness (QED) is 0.540. The van der Waals surface area contributed by atoms with Gasteiger partial charge < -0.3 is 5.32 Å².